The van der Waals surface area contributed by atoms with Crippen LogP contribution in [-0.4, -0.2) is 45.7 Å². The van der Waals surface area contributed by atoms with Crippen molar-refractivity contribution >= 4 is 34.2 Å². The number of aromatic nitrogens is 1. The highest BCUT2D eigenvalue weighted by Crippen LogP contribution is 2.31. The molecule has 32 heavy (non-hydrogen) atoms. The van der Waals surface area contributed by atoms with Crippen LogP contribution in [0.5, 0.6) is 5.75 Å². The first-order valence-electron chi connectivity index (χ1n) is 9.94. The summed E-state index contributed by atoms with van der Waals surface area (Å²) < 4.78 is 5.93. The number of ether oxygens (including phenoxy) is 1. The molecule has 1 aliphatic heterocycles. The standard InChI is InChI=1S/C14H10N2O4.2C4H8O.C2H6/c1-7(17)16-6-11(10-5-13(19)15-14(10)20)9-4-8(18)2-3-12(9)16;1-4(2)5-3;1-3-4(2)5;1-2/h2-6,18H,1H3,(H,15,19,20);1H2,2-3H3;3-5H,1H2,2H3;1-2H3. The minimum absolute atomic E-state index is 0.0189. The predicted molar refractivity (Wildman–Crippen MR) is 126 cm³/mol. The van der Waals surface area contributed by atoms with Gasteiger partial charge in [-0.15, -0.1) is 6.58 Å². The van der Waals surface area contributed by atoms with Gasteiger partial charge in [0.25, 0.3) is 11.8 Å². The maximum absolute atomic E-state index is 11.7. The molecule has 2 heterocycles. The number of hydrogen-bond acceptors (Lipinski definition) is 6. The second-order valence-corrected chi connectivity index (χ2v) is 6.39. The zero-order valence-electron chi connectivity index (χ0n) is 19.4. The molecule has 3 rings (SSSR count). The lowest BCUT2D eigenvalue weighted by Gasteiger charge is -1.99. The summed E-state index contributed by atoms with van der Waals surface area (Å²) in [4.78, 5) is 34.6. The fourth-order valence-electron chi connectivity index (χ4n) is 2.31. The van der Waals surface area contributed by atoms with Gasteiger partial charge in [-0.2, -0.15) is 0 Å². The first kappa shape index (κ1) is 28.4. The molecule has 1 unspecified atom stereocenters. The van der Waals surface area contributed by atoms with E-state index < -0.39 is 11.8 Å². The molecule has 0 spiro atoms. The van der Waals surface area contributed by atoms with Gasteiger partial charge in [-0.3, -0.25) is 24.3 Å². The number of benzene rings is 1. The number of phenolic OH excluding ortho intramolecular Hbond substituents is 1. The molecule has 2 amide bonds. The van der Waals surface area contributed by atoms with Crippen molar-refractivity contribution in [2.75, 3.05) is 7.11 Å². The highest BCUT2D eigenvalue weighted by Gasteiger charge is 2.25. The molecule has 0 saturated heterocycles. The number of allylic oxidation sites excluding steroid dienone is 1. The molecule has 8 nitrogen and oxygen atoms in total. The van der Waals surface area contributed by atoms with E-state index in [2.05, 4.69) is 23.2 Å². The number of nitrogens with zero attached hydrogens (tertiary/aromatic N) is 1. The van der Waals surface area contributed by atoms with Crippen LogP contribution < -0.4 is 5.32 Å². The number of phenols is 1. The van der Waals surface area contributed by atoms with Crippen molar-refractivity contribution in [2.45, 2.75) is 40.7 Å². The minimum Gasteiger partial charge on any atom is -0.508 e. The van der Waals surface area contributed by atoms with Gasteiger partial charge in [-0.25, -0.2) is 0 Å². The Labute approximate surface area is 188 Å². The van der Waals surface area contributed by atoms with Crippen LogP contribution in [0.3, 0.4) is 0 Å². The number of carbonyl (C=O) groups excluding carboxylic acids is 3. The Morgan fingerprint density at radius 3 is 2.16 bits per heavy atom. The molecule has 1 aromatic carbocycles. The van der Waals surface area contributed by atoms with Crippen molar-refractivity contribution in [3.05, 3.63) is 61.0 Å². The van der Waals surface area contributed by atoms with Crippen LogP contribution in [0.2, 0.25) is 0 Å². The van der Waals surface area contributed by atoms with Crippen LogP contribution in [0, 0.1) is 0 Å². The molecule has 3 N–H and O–H groups in total. The Kier molecular flexibility index (Phi) is 12.1. The van der Waals surface area contributed by atoms with E-state index >= 15 is 0 Å². The Bertz CT molecular complexity index is 1010. The minimum atomic E-state index is -0.513. The Balaban J connectivity index is 0.000000671. The largest absolute Gasteiger partial charge is 0.508 e. The number of fused-ring (bicyclic) bond motifs is 1. The van der Waals surface area contributed by atoms with E-state index in [1.165, 1.54) is 42.0 Å². The number of imide groups is 1. The van der Waals surface area contributed by atoms with Crippen molar-refractivity contribution < 1.29 is 29.3 Å². The van der Waals surface area contributed by atoms with E-state index in [1.54, 1.807) is 27.0 Å². The summed E-state index contributed by atoms with van der Waals surface area (Å²) in [5, 5.41) is 20.5. The Morgan fingerprint density at radius 1 is 1.25 bits per heavy atom. The summed E-state index contributed by atoms with van der Waals surface area (Å²) in [5.41, 5.74) is 1.19. The lowest BCUT2D eigenvalue weighted by molar-refractivity contribution is -0.123. The van der Waals surface area contributed by atoms with Gasteiger partial charge in [-0.1, -0.05) is 26.5 Å². The fourth-order valence-corrected chi connectivity index (χ4v) is 2.31. The molecule has 1 aromatic heterocycles. The van der Waals surface area contributed by atoms with Gasteiger partial charge >= 0.3 is 0 Å². The van der Waals surface area contributed by atoms with E-state index in [4.69, 9.17) is 5.11 Å². The van der Waals surface area contributed by atoms with E-state index in [0.29, 0.717) is 16.5 Å². The van der Waals surface area contributed by atoms with E-state index in [-0.39, 0.29) is 23.3 Å². The molecular weight excluding hydrogens is 412 g/mol. The molecule has 8 heteroatoms. The lowest BCUT2D eigenvalue weighted by Crippen LogP contribution is -2.21. The quantitative estimate of drug-likeness (QED) is 0.377. The topological polar surface area (TPSA) is 118 Å². The summed E-state index contributed by atoms with van der Waals surface area (Å²) in [6, 6.07) is 4.51. The number of methoxy groups -OCH3 is 1. The third kappa shape index (κ3) is 8.23. The van der Waals surface area contributed by atoms with Crippen molar-refractivity contribution in [1.29, 1.82) is 0 Å². The number of rotatable bonds is 3. The van der Waals surface area contributed by atoms with Gasteiger partial charge in [0.1, 0.15) is 5.75 Å². The van der Waals surface area contributed by atoms with Gasteiger partial charge in [0.05, 0.1) is 30.1 Å². The first-order valence-corrected chi connectivity index (χ1v) is 9.94. The van der Waals surface area contributed by atoms with Crippen molar-refractivity contribution in [1.82, 2.24) is 9.88 Å². The highest BCUT2D eigenvalue weighted by atomic mass is 16.5. The van der Waals surface area contributed by atoms with Crippen LogP contribution in [-0.2, 0) is 14.3 Å². The zero-order valence-corrected chi connectivity index (χ0v) is 19.4. The van der Waals surface area contributed by atoms with E-state index in [9.17, 15) is 19.5 Å². The predicted octanol–water partition coefficient (Wildman–Crippen LogP) is 3.79. The number of carbonyl (C=O) groups is 3. The van der Waals surface area contributed by atoms with Crippen molar-refractivity contribution in [2.24, 2.45) is 0 Å². The second kappa shape index (κ2) is 13.6. The zero-order chi connectivity index (χ0) is 25.0. The molecule has 1 atom stereocenters. The van der Waals surface area contributed by atoms with Gasteiger partial charge in [-0.05, 0) is 32.0 Å². The van der Waals surface area contributed by atoms with Crippen LogP contribution in [0.25, 0.3) is 16.5 Å². The molecular formula is C24H32N2O6. The van der Waals surface area contributed by atoms with E-state index in [1.807, 2.05) is 13.8 Å². The molecule has 0 fully saturated rings. The summed E-state index contributed by atoms with van der Waals surface area (Å²) >= 11 is 0. The van der Waals surface area contributed by atoms with Crippen LogP contribution in [0.15, 0.2) is 55.5 Å². The maximum atomic E-state index is 11.7. The van der Waals surface area contributed by atoms with Gasteiger partial charge in [0, 0.05) is 30.1 Å². The fraction of sp³-hybridized carbons (Fsp3) is 0.292. The molecule has 0 aliphatic carbocycles. The third-order valence-corrected chi connectivity index (χ3v) is 3.86. The highest BCUT2D eigenvalue weighted by molar-refractivity contribution is 6.35. The molecule has 0 radical (unpaired) electrons. The smallest absolute Gasteiger partial charge is 0.258 e. The molecule has 0 saturated carbocycles. The van der Waals surface area contributed by atoms with E-state index in [0.717, 1.165) is 5.76 Å². The second-order valence-electron chi connectivity index (χ2n) is 6.39. The normalized spacial score (nSPS) is 12.5. The maximum Gasteiger partial charge on any atom is 0.258 e. The van der Waals surface area contributed by atoms with Gasteiger partial charge < -0.3 is 14.9 Å². The summed E-state index contributed by atoms with van der Waals surface area (Å²) in [7, 11) is 1.60. The number of aliphatic hydroxyl groups excluding tert-OH is 1. The SMILES string of the molecule is C=C(C)OC.C=CC(C)O.CC.CC(=O)n1cc(C2=CC(=O)NC2=O)c2cc(O)ccc21. The number of hydrogen-bond donors (Lipinski definition) is 3. The third-order valence-electron chi connectivity index (χ3n) is 3.86. The molecule has 0 bridgehead atoms. The number of amides is 2. The number of nitrogens with one attached hydrogen (secondary N) is 1. The first-order chi connectivity index (χ1) is 15.0. The summed E-state index contributed by atoms with van der Waals surface area (Å²) in [6.45, 7) is 15.6. The number of aromatic hydroxyl groups is 1. The van der Waals surface area contributed by atoms with Crippen LogP contribution in [0.4, 0.5) is 0 Å². The molecule has 2 aromatic rings. The van der Waals surface area contributed by atoms with Crippen LogP contribution >= 0.6 is 0 Å². The summed E-state index contributed by atoms with van der Waals surface area (Å²) in [5.74, 6) is -0.456. The van der Waals surface area contributed by atoms with Crippen LogP contribution in [0.1, 0.15) is 45.0 Å². The lowest BCUT2D eigenvalue weighted by atomic mass is 10.1. The number of aliphatic hydroxyl groups is 1. The average Bonchev–Trinajstić information content (AvgIpc) is 3.28. The molecule has 174 valence electrons. The molecule has 1 aliphatic rings. The summed E-state index contributed by atoms with van der Waals surface area (Å²) in [6.07, 6.45) is 3.80. The Morgan fingerprint density at radius 2 is 1.78 bits per heavy atom. The van der Waals surface area contributed by atoms with Crippen molar-refractivity contribution in [3.8, 4) is 5.75 Å². The monoisotopic (exact) mass is 444 g/mol. The Hall–Kier alpha value is -3.65. The van der Waals surface area contributed by atoms with Gasteiger partial charge in [0.2, 0.25) is 5.91 Å². The van der Waals surface area contributed by atoms with Crippen molar-refractivity contribution in [3.63, 3.8) is 0 Å². The van der Waals surface area contributed by atoms with Gasteiger partial charge in [0.15, 0.2) is 0 Å². The average molecular weight is 445 g/mol.